The monoisotopic (exact) mass is 411 g/mol. The molecule has 0 unspecified atom stereocenters. The van der Waals surface area contributed by atoms with Gasteiger partial charge < -0.3 is 9.32 Å². The van der Waals surface area contributed by atoms with Crippen LogP contribution in [0.1, 0.15) is 28.3 Å². The number of amides is 1. The van der Waals surface area contributed by atoms with Crippen molar-refractivity contribution in [3.8, 4) is 0 Å². The molecular formula is C17H18BrNO4S. The molecule has 0 spiro atoms. The third-order valence-electron chi connectivity index (χ3n) is 4.12. The summed E-state index contributed by atoms with van der Waals surface area (Å²) in [4.78, 5) is 14.6. The molecule has 128 valence electrons. The molecule has 2 aromatic rings. The first-order valence-corrected chi connectivity index (χ1v) is 10.3. The Kier molecular flexibility index (Phi) is 4.83. The molecule has 1 aliphatic rings. The standard InChI is InChI=1S/C17H18BrNO4S/c1-12-2-7-16(23-12)10-19(15-8-9-24(21,22)11-15)17(20)13-3-5-14(18)6-4-13/h2-7,15H,8-11H2,1H3/t15-/m0/s1. The molecule has 1 fully saturated rings. The number of benzene rings is 1. The highest BCUT2D eigenvalue weighted by Gasteiger charge is 2.35. The number of hydrogen-bond acceptors (Lipinski definition) is 4. The van der Waals surface area contributed by atoms with Crippen molar-refractivity contribution in [2.24, 2.45) is 0 Å². The van der Waals surface area contributed by atoms with E-state index in [2.05, 4.69) is 15.9 Å². The highest BCUT2D eigenvalue weighted by atomic mass is 79.9. The molecular weight excluding hydrogens is 394 g/mol. The van der Waals surface area contributed by atoms with Crippen molar-refractivity contribution in [3.05, 3.63) is 58.0 Å². The molecule has 0 bridgehead atoms. The van der Waals surface area contributed by atoms with Gasteiger partial charge in [0.25, 0.3) is 5.91 Å². The molecule has 5 nitrogen and oxygen atoms in total. The molecule has 1 aromatic carbocycles. The Morgan fingerprint density at radius 2 is 1.96 bits per heavy atom. The van der Waals surface area contributed by atoms with Gasteiger partial charge in [0.1, 0.15) is 11.5 Å². The minimum absolute atomic E-state index is 0.00889. The van der Waals surface area contributed by atoms with Crippen LogP contribution in [-0.4, -0.2) is 36.8 Å². The summed E-state index contributed by atoms with van der Waals surface area (Å²) < 4.78 is 30.1. The molecule has 1 atom stereocenters. The van der Waals surface area contributed by atoms with E-state index < -0.39 is 9.84 Å². The van der Waals surface area contributed by atoms with E-state index in [0.29, 0.717) is 17.7 Å². The van der Waals surface area contributed by atoms with Gasteiger partial charge in [-0.05, 0) is 49.7 Å². The number of nitrogens with zero attached hydrogens (tertiary/aromatic N) is 1. The van der Waals surface area contributed by atoms with Crippen molar-refractivity contribution in [3.63, 3.8) is 0 Å². The number of hydrogen-bond donors (Lipinski definition) is 0. The Hall–Kier alpha value is -1.60. The molecule has 0 N–H and O–H groups in total. The normalized spacial score (nSPS) is 19.3. The zero-order valence-corrected chi connectivity index (χ0v) is 15.6. The summed E-state index contributed by atoms with van der Waals surface area (Å²) in [6.45, 7) is 2.10. The maximum absolute atomic E-state index is 12.9. The fraction of sp³-hybridized carbons (Fsp3) is 0.353. The number of halogens is 1. The van der Waals surface area contributed by atoms with Gasteiger partial charge in [0.15, 0.2) is 9.84 Å². The fourth-order valence-electron chi connectivity index (χ4n) is 2.88. The maximum Gasteiger partial charge on any atom is 0.254 e. The van der Waals surface area contributed by atoms with Gasteiger partial charge in [-0.15, -0.1) is 0 Å². The summed E-state index contributed by atoms with van der Waals surface area (Å²) >= 11 is 3.35. The van der Waals surface area contributed by atoms with Crippen LogP contribution in [0.4, 0.5) is 0 Å². The highest BCUT2D eigenvalue weighted by molar-refractivity contribution is 9.10. The van der Waals surface area contributed by atoms with E-state index in [1.807, 2.05) is 19.1 Å². The third-order valence-corrected chi connectivity index (χ3v) is 6.40. The SMILES string of the molecule is Cc1ccc(CN(C(=O)c2ccc(Br)cc2)[C@H]2CCS(=O)(=O)C2)o1. The minimum atomic E-state index is -3.08. The lowest BCUT2D eigenvalue weighted by molar-refractivity contribution is 0.0665. The van der Waals surface area contributed by atoms with Crippen LogP contribution in [-0.2, 0) is 16.4 Å². The maximum atomic E-state index is 12.9. The van der Waals surface area contributed by atoms with Crippen LogP contribution in [0.5, 0.6) is 0 Å². The van der Waals surface area contributed by atoms with Crippen molar-refractivity contribution >= 4 is 31.7 Å². The first-order valence-electron chi connectivity index (χ1n) is 7.66. The van der Waals surface area contributed by atoms with Gasteiger partial charge in [0, 0.05) is 16.1 Å². The molecule has 1 aromatic heterocycles. The van der Waals surface area contributed by atoms with Gasteiger partial charge in [-0.1, -0.05) is 15.9 Å². The predicted molar refractivity (Wildman–Crippen MR) is 94.5 cm³/mol. The van der Waals surface area contributed by atoms with E-state index in [4.69, 9.17) is 4.42 Å². The molecule has 1 aliphatic heterocycles. The Balaban J connectivity index is 1.88. The number of carbonyl (C=O) groups excluding carboxylic acids is 1. The van der Waals surface area contributed by atoms with Gasteiger partial charge in [0.05, 0.1) is 18.1 Å². The number of aryl methyl sites for hydroxylation is 1. The summed E-state index contributed by atoms with van der Waals surface area (Å²) in [7, 11) is -3.08. The first-order chi connectivity index (χ1) is 11.3. The van der Waals surface area contributed by atoms with Crippen molar-refractivity contribution in [1.29, 1.82) is 0 Å². The highest BCUT2D eigenvalue weighted by Crippen LogP contribution is 2.23. The van der Waals surface area contributed by atoms with E-state index in [9.17, 15) is 13.2 Å². The minimum Gasteiger partial charge on any atom is -0.464 e. The third kappa shape index (κ3) is 3.89. The van der Waals surface area contributed by atoms with E-state index >= 15 is 0 Å². The van der Waals surface area contributed by atoms with Gasteiger partial charge in [0.2, 0.25) is 0 Å². The predicted octanol–water partition coefficient (Wildman–Crippen LogP) is 3.18. The molecule has 2 heterocycles. The van der Waals surface area contributed by atoms with E-state index in [1.54, 1.807) is 29.2 Å². The van der Waals surface area contributed by atoms with Crippen LogP contribution in [0.3, 0.4) is 0 Å². The summed E-state index contributed by atoms with van der Waals surface area (Å²) in [5.74, 6) is 1.37. The Morgan fingerprint density at radius 3 is 2.50 bits per heavy atom. The van der Waals surface area contributed by atoms with Crippen LogP contribution in [0.2, 0.25) is 0 Å². The van der Waals surface area contributed by atoms with Crippen LogP contribution in [0, 0.1) is 6.92 Å². The van der Waals surface area contributed by atoms with E-state index in [-0.39, 0.29) is 30.0 Å². The quantitative estimate of drug-likeness (QED) is 0.774. The van der Waals surface area contributed by atoms with Crippen LogP contribution in [0.15, 0.2) is 45.3 Å². The van der Waals surface area contributed by atoms with Crippen LogP contribution < -0.4 is 0 Å². The number of rotatable bonds is 4. The van der Waals surface area contributed by atoms with Crippen molar-refractivity contribution in [2.45, 2.75) is 25.9 Å². The average Bonchev–Trinajstić information content (AvgIpc) is 3.10. The zero-order chi connectivity index (χ0) is 17.3. The van der Waals surface area contributed by atoms with Crippen LogP contribution in [0.25, 0.3) is 0 Å². The molecule has 0 saturated carbocycles. The molecule has 0 aliphatic carbocycles. The molecule has 1 saturated heterocycles. The van der Waals surface area contributed by atoms with Crippen molar-refractivity contribution in [1.82, 2.24) is 4.90 Å². The Bertz CT molecular complexity index is 842. The van der Waals surface area contributed by atoms with Gasteiger partial charge in [-0.3, -0.25) is 4.79 Å². The smallest absolute Gasteiger partial charge is 0.254 e. The van der Waals surface area contributed by atoms with Gasteiger partial charge in [-0.2, -0.15) is 0 Å². The average molecular weight is 412 g/mol. The fourth-order valence-corrected chi connectivity index (χ4v) is 4.88. The topological polar surface area (TPSA) is 67.6 Å². The summed E-state index contributed by atoms with van der Waals surface area (Å²) in [6, 6.07) is 10.4. The molecule has 3 rings (SSSR count). The Labute approximate surface area is 149 Å². The molecule has 1 amide bonds. The second-order valence-corrected chi connectivity index (χ2v) is 9.15. The lowest BCUT2D eigenvalue weighted by atomic mass is 10.1. The lowest BCUT2D eigenvalue weighted by Crippen LogP contribution is -2.40. The second kappa shape index (κ2) is 6.72. The Morgan fingerprint density at radius 1 is 1.25 bits per heavy atom. The summed E-state index contributed by atoms with van der Waals surface area (Å²) in [6.07, 6.45) is 0.463. The van der Waals surface area contributed by atoms with Crippen LogP contribution >= 0.6 is 15.9 Å². The summed E-state index contributed by atoms with van der Waals surface area (Å²) in [5.41, 5.74) is 0.533. The molecule has 24 heavy (non-hydrogen) atoms. The van der Waals surface area contributed by atoms with Gasteiger partial charge >= 0.3 is 0 Å². The largest absolute Gasteiger partial charge is 0.464 e. The lowest BCUT2D eigenvalue weighted by Gasteiger charge is -2.27. The molecule has 7 heteroatoms. The molecule has 0 radical (unpaired) electrons. The van der Waals surface area contributed by atoms with Crippen molar-refractivity contribution < 1.29 is 17.6 Å². The number of sulfone groups is 1. The van der Waals surface area contributed by atoms with Crippen molar-refractivity contribution in [2.75, 3.05) is 11.5 Å². The zero-order valence-electron chi connectivity index (χ0n) is 13.2. The summed E-state index contributed by atoms with van der Waals surface area (Å²) in [5, 5.41) is 0. The number of carbonyl (C=O) groups is 1. The van der Waals surface area contributed by atoms with Gasteiger partial charge in [-0.25, -0.2) is 8.42 Å². The van der Waals surface area contributed by atoms with E-state index in [0.717, 1.165) is 10.2 Å². The number of furan rings is 1. The van der Waals surface area contributed by atoms with E-state index in [1.165, 1.54) is 0 Å². The first kappa shape index (κ1) is 17.2. The second-order valence-electron chi connectivity index (χ2n) is 6.01.